The summed E-state index contributed by atoms with van der Waals surface area (Å²) in [5.74, 6) is -1.34. The van der Waals surface area contributed by atoms with Crippen LogP contribution in [0, 0.1) is 10.1 Å². The first-order valence-electron chi connectivity index (χ1n) is 8.48. The Morgan fingerprint density at radius 2 is 2.10 bits per heavy atom. The van der Waals surface area contributed by atoms with Crippen molar-refractivity contribution >= 4 is 23.9 Å². The number of carbonyl (C=O) groups excluding carboxylic acids is 2. The lowest BCUT2D eigenvalue weighted by Crippen LogP contribution is -2.26. The van der Waals surface area contributed by atoms with E-state index < -0.39 is 29.4 Å². The predicted molar refractivity (Wildman–Crippen MR) is 107 cm³/mol. The van der Waals surface area contributed by atoms with Gasteiger partial charge in [-0.15, -0.1) is 0 Å². The average Bonchev–Trinajstić information content (AvgIpc) is 2.74. The number of aromatic nitrogens is 2. The number of esters is 1. The quantitative estimate of drug-likeness (QED) is 0.239. The molecule has 1 aromatic heterocycles. The number of nitrogens with one attached hydrogen (secondary N) is 1. The van der Waals surface area contributed by atoms with Crippen LogP contribution in [0.5, 0.6) is 0 Å². The van der Waals surface area contributed by atoms with Gasteiger partial charge in [0.2, 0.25) is 6.54 Å². The first-order chi connectivity index (χ1) is 14.3. The summed E-state index contributed by atoms with van der Waals surface area (Å²) in [6.45, 7) is -0.552. The van der Waals surface area contributed by atoms with Gasteiger partial charge < -0.3 is 21.5 Å². The SMILES string of the molecule is COC(=O)c1cccc(C(C[N+](=O)[O-])N=CC(=CN)NC(=O)c2nccnc2N)c1. The number of ether oxygens (including phenoxy) is 1. The first-order valence-corrected chi connectivity index (χ1v) is 8.48. The smallest absolute Gasteiger partial charge is 0.337 e. The number of hydrogen-bond acceptors (Lipinski definition) is 10. The van der Waals surface area contributed by atoms with Crippen LogP contribution in [-0.4, -0.2) is 46.6 Å². The number of benzene rings is 1. The number of hydrogen-bond donors (Lipinski definition) is 3. The van der Waals surface area contributed by atoms with E-state index in [-0.39, 0.29) is 22.8 Å². The molecule has 0 spiro atoms. The zero-order valence-corrected chi connectivity index (χ0v) is 15.9. The Morgan fingerprint density at radius 3 is 2.73 bits per heavy atom. The van der Waals surface area contributed by atoms with Crippen molar-refractivity contribution in [1.82, 2.24) is 15.3 Å². The number of carbonyl (C=O) groups is 2. The van der Waals surface area contributed by atoms with Crippen molar-refractivity contribution in [3.8, 4) is 0 Å². The average molecular weight is 413 g/mol. The Kier molecular flexibility index (Phi) is 7.51. The van der Waals surface area contributed by atoms with Gasteiger partial charge >= 0.3 is 5.97 Å². The van der Waals surface area contributed by atoms with Crippen LogP contribution in [-0.2, 0) is 4.74 Å². The Labute approximate surface area is 170 Å². The van der Waals surface area contributed by atoms with Crippen LogP contribution in [0.1, 0.15) is 32.5 Å². The minimum atomic E-state index is -0.946. The van der Waals surface area contributed by atoms with E-state index in [0.29, 0.717) is 5.56 Å². The van der Waals surface area contributed by atoms with Crippen LogP contribution >= 0.6 is 0 Å². The van der Waals surface area contributed by atoms with E-state index in [1.165, 1.54) is 37.9 Å². The molecule has 1 aromatic carbocycles. The van der Waals surface area contributed by atoms with E-state index >= 15 is 0 Å². The van der Waals surface area contributed by atoms with Crippen LogP contribution in [0.25, 0.3) is 0 Å². The molecule has 0 radical (unpaired) electrons. The minimum absolute atomic E-state index is 0.0579. The fourth-order valence-electron chi connectivity index (χ4n) is 2.37. The number of nitrogen functional groups attached to an aromatic ring is 1. The minimum Gasteiger partial charge on any atom is -0.465 e. The zero-order chi connectivity index (χ0) is 22.1. The van der Waals surface area contributed by atoms with Crippen molar-refractivity contribution in [3.05, 3.63) is 75.5 Å². The molecule has 0 saturated heterocycles. The second-order valence-corrected chi connectivity index (χ2v) is 5.79. The standard InChI is InChI=1S/C18H19N7O5/c1-30-18(27)12-4-2-3-11(7-12)14(10-25(28)29)23-9-13(8-19)24-17(26)15-16(20)22-6-5-21-15/h2-9,14H,10,19H2,1H3,(H2,20,22)(H,24,26). The number of nitro groups is 1. The highest BCUT2D eigenvalue weighted by Gasteiger charge is 2.19. The molecule has 1 heterocycles. The molecule has 5 N–H and O–H groups in total. The molecule has 0 aliphatic heterocycles. The van der Waals surface area contributed by atoms with Gasteiger partial charge in [0.1, 0.15) is 6.04 Å². The summed E-state index contributed by atoms with van der Waals surface area (Å²) in [5, 5.41) is 13.5. The van der Waals surface area contributed by atoms with Gasteiger partial charge in [-0.25, -0.2) is 14.8 Å². The van der Waals surface area contributed by atoms with E-state index in [0.717, 1.165) is 6.20 Å². The van der Waals surface area contributed by atoms with Crippen molar-refractivity contribution in [2.24, 2.45) is 10.7 Å². The Bertz CT molecular complexity index is 1010. The van der Waals surface area contributed by atoms with Crippen LogP contribution in [0.3, 0.4) is 0 Å². The summed E-state index contributed by atoms with van der Waals surface area (Å²) in [7, 11) is 1.23. The maximum absolute atomic E-state index is 12.3. The third-order valence-electron chi connectivity index (χ3n) is 3.79. The molecule has 2 aromatic rings. The van der Waals surface area contributed by atoms with Crippen molar-refractivity contribution in [2.75, 3.05) is 19.4 Å². The van der Waals surface area contributed by atoms with E-state index in [2.05, 4.69) is 25.0 Å². The summed E-state index contributed by atoms with van der Waals surface area (Å²) in [6.07, 6.45) is 4.86. The summed E-state index contributed by atoms with van der Waals surface area (Å²) in [5.41, 5.74) is 11.7. The van der Waals surface area contributed by atoms with Gasteiger partial charge in [0.15, 0.2) is 11.5 Å². The molecule has 0 aliphatic carbocycles. The maximum Gasteiger partial charge on any atom is 0.337 e. The topological polar surface area (TPSA) is 189 Å². The van der Waals surface area contributed by atoms with Gasteiger partial charge in [-0.05, 0) is 17.7 Å². The largest absolute Gasteiger partial charge is 0.465 e. The normalized spacial score (nSPS) is 12.4. The Hall–Kier alpha value is -4.35. The molecular weight excluding hydrogens is 394 g/mol. The van der Waals surface area contributed by atoms with Crippen molar-refractivity contribution in [1.29, 1.82) is 0 Å². The lowest BCUT2D eigenvalue weighted by Gasteiger charge is -2.11. The van der Waals surface area contributed by atoms with Crippen LogP contribution in [0.2, 0.25) is 0 Å². The number of nitrogens with two attached hydrogens (primary N) is 2. The second kappa shape index (κ2) is 10.3. The highest BCUT2D eigenvalue weighted by molar-refractivity contribution is 6.00. The van der Waals surface area contributed by atoms with Crippen molar-refractivity contribution in [3.63, 3.8) is 0 Å². The van der Waals surface area contributed by atoms with Gasteiger partial charge in [0, 0.05) is 29.7 Å². The fraction of sp³-hybridized carbons (Fsp3) is 0.167. The van der Waals surface area contributed by atoms with Gasteiger partial charge in [0.25, 0.3) is 5.91 Å². The Balaban J connectivity index is 2.24. The number of aliphatic imine (C=N–C) groups is 1. The Morgan fingerprint density at radius 1 is 1.37 bits per heavy atom. The van der Waals surface area contributed by atoms with E-state index in [4.69, 9.17) is 11.5 Å². The van der Waals surface area contributed by atoms with Crippen molar-refractivity contribution in [2.45, 2.75) is 6.04 Å². The highest BCUT2D eigenvalue weighted by Crippen LogP contribution is 2.19. The molecule has 1 unspecified atom stereocenters. The molecule has 156 valence electrons. The third-order valence-corrected chi connectivity index (χ3v) is 3.79. The summed E-state index contributed by atoms with van der Waals surface area (Å²) in [6, 6.07) is 5.16. The van der Waals surface area contributed by atoms with Crippen LogP contribution < -0.4 is 16.8 Å². The zero-order valence-electron chi connectivity index (χ0n) is 15.9. The molecule has 12 heteroatoms. The van der Waals surface area contributed by atoms with Gasteiger partial charge in [-0.1, -0.05) is 12.1 Å². The van der Waals surface area contributed by atoms with Crippen LogP contribution in [0.4, 0.5) is 5.82 Å². The molecule has 0 saturated carbocycles. The fourth-order valence-corrected chi connectivity index (χ4v) is 2.37. The summed E-state index contributed by atoms with van der Waals surface area (Å²) in [4.78, 5) is 46.3. The lowest BCUT2D eigenvalue weighted by atomic mass is 10.0. The van der Waals surface area contributed by atoms with Gasteiger partial charge in [-0.2, -0.15) is 0 Å². The molecule has 1 atom stereocenters. The molecule has 1 amide bonds. The number of rotatable bonds is 8. The molecule has 0 aliphatic rings. The van der Waals surface area contributed by atoms with Gasteiger partial charge in [0.05, 0.1) is 18.4 Å². The van der Waals surface area contributed by atoms with E-state index in [1.807, 2.05) is 0 Å². The molecule has 30 heavy (non-hydrogen) atoms. The molecule has 0 fully saturated rings. The number of nitrogens with zero attached hydrogens (tertiary/aromatic N) is 4. The van der Waals surface area contributed by atoms with Crippen LogP contribution in [0.15, 0.2) is 53.5 Å². The molecule has 12 nitrogen and oxygen atoms in total. The first kappa shape index (κ1) is 21.9. The number of allylic oxidation sites excluding steroid dienone is 1. The lowest BCUT2D eigenvalue weighted by molar-refractivity contribution is -0.483. The number of amides is 1. The predicted octanol–water partition coefficient (Wildman–Crippen LogP) is 0.464. The molecular formula is C18H19N7O5. The van der Waals surface area contributed by atoms with Gasteiger partial charge in [-0.3, -0.25) is 19.9 Å². The highest BCUT2D eigenvalue weighted by atomic mass is 16.6. The molecule has 2 rings (SSSR count). The second-order valence-electron chi connectivity index (χ2n) is 5.79. The summed E-state index contributed by atoms with van der Waals surface area (Å²) >= 11 is 0. The van der Waals surface area contributed by atoms with E-state index in [9.17, 15) is 19.7 Å². The summed E-state index contributed by atoms with van der Waals surface area (Å²) < 4.78 is 4.66. The monoisotopic (exact) mass is 413 g/mol. The van der Waals surface area contributed by atoms with E-state index in [1.54, 1.807) is 12.1 Å². The van der Waals surface area contributed by atoms with Crippen molar-refractivity contribution < 1.29 is 19.2 Å². The molecule has 0 bridgehead atoms. The third kappa shape index (κ3) is 5.82. The number of methoxy groups -OCH3 is 1. The maximum atomic E-state index is 12.3. The number of anilines is 1.